The van der Waals surface area contributed by atoms with Gasteiger partial charge in [-0.15, -0.1) is 0 Å². The number of rotatable bonds is 5. The highest BCUT2D eigenvalue weighted by Gasteiger charge is 2.46. The van der Waals surface area contributed by atoms with Crippen molar-refractivity contribution in [2.24, 2.45) is 11.8 Å². The highest BCUT2D eigenvalue weighted by Crippen LogP contribution is 2.48. The van der Waals surface area contributed by atoms with Crippen molar-refractivity contribution in [1.82, 2.24) is 19.4 Å². The largest absolute Gasteiger partial charge is 0.480 e. The van der Waals surface area contributed by atoms with Gasteiger partial charge in [0.05, 0.1) is 23.6 Å². The fourth-order valence-electron chi connectivity index (χ4n) is 9.47. The molecule has 37 heavy (non-hydrogen) atoms. The number of fused-ring (bicyclic) bond motifs is 5. The van der Waals surface area contributed by atoms with Crippen molar-refractivity contribution in [3.8, 4) is 0 Å². The Bertz CT molecular complexity index is 1100. The summed E-state index contributed by atoms with van der Waals surface area (Å²) in [5.41, 5.74) is 2.32. The third-order valence-electron chi connectivity index (χ3n) is 10.8. The monoisotopic (exact) mass is 504 g/mol. The van der Waals surface area contributed by atoms with Crippen molar-refractivity contribution in [3.63, 3.8) is 0 Å². The van der Waals surface area contributed by atoms with Crippen LogP contribution in [0.4, 0.5) is 0 Å². The second-order valence-corrected chi connectivity index (χ2v) is 13.0. The summed E-state index contributed by atoms with van der Waals surface area (Å²) in [5, 5.41) is 9.56. The molecule has 2 aliphatic carbocycles. The fraction of sp³-hybridized carbons (Fsp3) is 0.742. The third-order valence-corrected chi connectivity index (χ3v) is 10.8. The Balaban J connectivity index is 1.20. The molecular formula is C31H44N4O2. The van der Waals surface area contributed by atoms with E-state index in [1.54, 1.807) is 0 Å². The summed E-state index contributed by atoms with van der Waals surface area (Å²) in [5.74, 6) is 2.33. The zero-order valence-electron chi connectivity index (χ0n) is 22.3. The maximum absolute atomic E-state index is 11.6. The lowest BCUT2D eigenvalue weighted by atomic mass is 9.73. The van der Waals surface area contributed by atoms with Crippen LogP contribution in [0.1, 0.15) is 108 Å². The number of aliphatic carboxylic acids is 1. The van der Waals surface area contributed by atoms with Gasteiger partial charge >= 0.3 is 5.97 Å². The van der Waals surface area contributed by atoms with Crippen LogP contribution in [-0.2, 0) is 4.79 Å². The molecule has 3 saturated heterocycles. The summed E-state index contributed by atoms with van der Waals surface area (Å²) < 4.78 is 2.59. The molecule has 0 amide bonds. The van der Waals surface area contributed by atoms with Gasteiger partial charge in [0.15, 0.2) is 0 Å². The molecule has 7 atom stereocenters. The van der Waals surface area contributed by atoms with Crippen molar-refractivity contribution >= 4 is 17.0 Å². The summed E-state index contributed by atoms with van der Waals surface area (Å²) in [6, 6.07) is 11.4. The van der Waals surface area contributed by atoms with E-state index in [4.69, 9.17) is 4.98 Å². The molecule has 3 unspecified atom stereocenters. The summed E-state index contributed by atoms with van der Waals surface area (Å²) >= 11 is 0. The van der Waals surface area contributed by atoms with Crippen LogP contribution >= 0.6 is 0 Å². The summed E-state index contributed by atoms with van der Waals surface area (Å²) in [6.45, 7) is 0.968. The Labute approximate surface area is 221 Å². The van der Waals surface area contributed by atoms with Crippen LogP contribution in [-0.4, -0.2) is 61.6 Å². The van der Waals surface area contributed by atoms with Crippen LogP contribution in [0.2, 0.25) is 0 Å². The van der Waals surface area contributed by atoms with Gasteiger partial charge in [-0.05, 0) is 88.3 Å². The average molecular weight is 505 g/mol. The Kier molecular flexibility index (Phi) is 6.52. The maximum Gasteiger partial charge on any atom is 0.317 e. The van der Waals surface area contributed by atoms with Gasteiger partial charge in [-0.1, -0.05) is 44.2 Å². The van der Waals surface area contributed by atoms with E-state index < -0.39 is 5.97 Å². The number of para-hydroxylation sites is 2. The standard InChI is InChI=1S/C31H44N4O2/c36-30(37)20-33-14-6-13-29(33)31-32-27-11-3-4-12-28(27)35(31)26-18-23-9-5-10-24(19-26)34(23)25-16-21-7-1-2-8-22(15-21)17-25/h3-4,11-12,21-26,29H,1-2,5-10,13-20H2,(H,36,37)/t21-,22+,23-,24?,25?,26?,29+/m1/s1. The summed E-state index contributed by atoms with van der Waals surface area (Å²) in [4.78, 5) is 22.0. The van der Waals surface area contributed by atoms with E-state index in [0.29, 0.717) is 18.1 Å². The van der Waals surface area contributed by atoms with Crippen molar-refractivity contribution in [2.75, 3.05) is 13.1 Å². The average Bonchev–Trinajstić information content (AvgIpc) is 3.45. The molecule has 1 aromatic carbocycles. The third kappa shape index (κ3) is 4.52. The fourth-order valence-corrected chi connectivity index (χ4v) is 9.47. The van der Waals surface area contributed by atoms with E-state index in [1.807, 2.05) is 0 Å². The zero-order valence-corrected chi connectivity index (χ0v) is 22.3. The van der Waals surface area contributed by atoms with Crippen LogP contribution in [0.3, 0.4) is 0 Å². The SMILES string of the molecule is O=C(O)CN1CCC[C@H]1c1nc2ccccc2n1C1CC2CCC[C@H](C1)N2C1C[C@H]2CCCC[C@@H](C1)C2. The molecule has 6 nitrogen and oxygen atoms in total. The molecule has 2 aromatic rings. The first-order valence-corrected chi connectivity index (χ1v) is 15.3. The van der Waals surface area contributed by atoms with Gasteiger partial charge in [0.1, 0.15) is 5.82 Å². The molecule has 5 fully saturated rings. The number of imidazole rings is 1. The van der Waals surface area contributed by atoms with E-state index in [9.17, 15) is 9.90 Å². The van der Waals surface area contributed by atoms with Gasteiger partial charge in [0, 0.05) is 24.2 Å². The van der Waals surface area contributed by atoms with Crippen LogP contribution in [0, 0.1) is 11.8 Å². The minimum atomic E-state index is -0.731. The number of carbonyl (C=O) groups is 1. The Morgan fingerprint density at radius 3 is 2.27 bits per heavy atom. The number of hydrogen-bond acceptors (Lipinski definition) is 4. The number of aromatic nitrogens is 2. The van der Waals surface area contributed by atoms with Crippen LogP contribution in [0.15, 0.2) is 24.3 Å². The maximum atomic E-state index is 11.6. The summed E-state index contributed by atoms with van der Waals surface area (Å²) in [7, 11) is 0. The number of carboxylic acids is 1. The highest BCUT2D eigenvalue weighted by molar-refractivity contribution is 5.76. The first kappa shape index (κ1) is 24.1. The normalized spacial score (nSPS) is 37.0. The Hall–Kier alpha value is -1.92. The second kappa shape index (κ2) is 10.00. The lowest BCUT2D eigenvalue weighted by molar-refractivity contribution is -0.138. The predicted octanol–water partition coefficient (Wildman–Crippen LogP) is 6.17. The minimum Gasteiger partial charge on any atom is -0.480 e. The van der Waals surface area contributed by atoms with Crippen molar-refractivity contribution in [1.29, 1.82) is 0 Å². The lowest BCUT2D eigenvalue weighted by Gasteiger charge is -2.55. The van der Waals surface area contributed by atoms with Gasteiger partial charge in [-0.3, -0.25) is 14.6 Å². The zero-order chi connectivity index (χ0) is 24.9. The Morgan fingerprint density at radius 2 is 1.54 bits per heavy atom. The molecule has 3 aliphatic heterocycles. The van der Waals surface area contributed by atoms with Gasteiger partial charge in [0.25, 0.3) is 0 Å². The molecule has 0 spiro atoms. The first-order chi connectivity index (χ1) is 18.1. The quantitative estimate of drug-likeness (QED) is 0.527. The molecular weight excluding hydrogens is 460 g/mol. The number of piperidine rings is 2. The second-order valence-electron chi connectivity index (χ2n) is 13.0. The number of carboxylic acid groups (broad SMARTS) is 1. The molecule has 7 rings (SSSR count). The van der Waals surface area contributed by atoms with E-state index >= 15 is 0 Å². The van der Waals surface area contributed by atoms with Crippen LogP contribution in [0.5, 0.6) is 0 Å². The van der Waals surface area contributed by atoms with Crippen molar-refractivity contribution < 1.29 is 9.90 Å². The molecule has 5 aliphatic rings. The molecule has 4 heterocycles. The molecule has 4 bridgehead atoms. The van der Waals surface area contributed by atoms with E-state index in [1.165, 1.54) is 82.6 Å². The summed E-state index contributed by atoms with van der Waals surface area (Å²) in [6.07, 6.45) is 18.8. The first-order valence-electron chi connectivity index (χ1n) is 15.3. The van der Waals surface area contributed by atoms with Crippen molar-refractivity contribution in [3.05, 3.63) is 30.1 Å². The van der Waals surface area contributed by atoms with Gasteiger partial charge < -0.3 is 9.67 Å². The topological polar surface area (TPSA) is 61.6 Å². The highest BCUT2D eigenvalue weighted by atomic mass is 16.4. The van der Waals surface area contributed by atoms with Gasteiger partial charge in [-0.25, -0.2) is 4.98 Å². The number of benzene rings is 1. The molecule has 1 N–H and O–H groups in total. The molecule has 1 aromatic heterocycles. The molecule has 6 heteroatoms. The minimum absolute atomic E-state index is 0.113. The number of likely N-dealkylation sites (tertiary alicyclic amines) is 1. The van der Waals surface area contributed by atoms with Crippen molar-refractivity contribution in [2.45, 2.75) is 120 Å². The number of nitrogens with zero attached hydrogens (tertiary/aromatic N) is 4. The lowest BCUT2D eigenvalue weighted by Crippen LogP contribution is -2.58. The molecule has 200 valence electrons. The molecule has 2 saturated carbocycles. The van der Waals surface area contributed by atoms with Crippen LogP contribution < -0.4 is 0 Å². The molecule has 0 radical (unpaired) electrons. The van der Waals surface area contributed by atoms with Crippen LogP contribution in [0.25, 0.3) is 11.0 Å². The van der Waals surface area contributed by atoms with Gasteiger partial charge in [0.2, 0.25) is 0 Å². The van der Waals surface area contributed by atoms with Gasteiger partial charge in [-0.2, -0.15) is 0 Å². The predicted molar refractivity (Wildman–Crippen MR) is 146 cm³/mol. The number of hydrogen-bond donors (Lipinski definition) is 1. The van der Waals surface area contributed by atoms with E-state index in [0.717, 1.165) is 48.6 Å². The van der Waals surface area contributed by atoms with E-state index in [-0.39, 0.29) is 12.6 Å². The Morgan fingerprint density at radius 1 is 0.811 bits per heavy atom. The smallest absolute Gasteiger partial charge is 0.317 e. The van der Waals surface area contributed by atoms with E-state index in [2.05, 4.69) is 38.6 Å².